The second-order valence-electron chi connectivity index (χ2n) is 7.16. The van der Waals surface area contributed by atoms with Gasteiger partial charge in [-0.1, -0.05) is 11.8 Å². The van der Waals surface area contributed by atoms with E-state index >= 15 is 0 Å². The van der Waals surface area contributed by atoms with Crippen molar-refractivity contribution in [2.24, 2.45) is 0 Å². The van der Waals surface area contributed by atoms with E-state index in [1.54, 1.807) is 36.4 Å². The molecule has 0 bridgehead atoms. The molecular formula is C23H23F2N3O5. The maximum Gasteiger partial charge on any atom is 0.269 e. The number of halogens is 2. The molecule has 8 nitrogen and oxygen atoms in total. The van der Waals surface area contributed by atoms with Crippen molar-refractivity contribution in [3.63, 3.8) is 0 Å². The summed E-state index contributed by atoms with van der Waals surface area (Å²) in [5, 5.41) is 13.7. The number of benzene rings is 2. The van der Waals surface area contributed by atoms with Gasteiger partial charge in [0.25, 0.3) is 18.2 Å². The summed E-state index contributed by atoms with van der Waals surface area (Å²) in [6.07, 6.45) is -3.13. The van der Waals surface area contributed by atoms with Crippen LogP contribution in [0.3, 0.4) is 0 Å². The van der Waals surface area contributed by atoms with Gasteiger partial charge >= 0.3 is 0 Å². The molecule has 0 spiro atoms. The maximum absolute atomic E-state index is 13.5. The van der Waals surface area contributed by atoms with Crippen LogP contribution in [0.1, 0.15) is 35.3 Å². The third-order valence-corrected chi connectivity index (χ3v) is 4.80. The van der Waals surface area contributed by atoms with E-state index < -0.39 is 29.9 Å². The van der Waals surface area contributed by atoms with Gasteiger partial charge in [0.05, 0.1) is 0 Å². The number of carbonyl (C=O) groups excluding carboxylic acids is 3. The highest BCUT2D eigenvalue weighted by Gasteiger charge is 2.48. The molecule has 3 amide bonds. The van der Waals surface area contributed by atoms with Crippen LogP contribution in [0.25, 0.3) is 0 Å². The molecule has 174 valence electrons. The van der Waals surface area contributed by atoms with Crippen LogP contribution in [-0.2, 0) is 14.3 Å². The lowest BCUT2D eigenvalue weighted by molar-refractivity contribution is -0.157. The number of methoxy groups -OCH3 is 1. The number of amides is 3. The van der Waals surface area contributed by atoms with Crippen molar-refractivity contribution in [1.82, 2.24) is 10.8 Å². The topological polar surface area (TPSA) is 117 Å². The lowest BCUT2D eigenvalue weighted by atomic mass is 9.95. The summed E-state index contributed by atoms with van der Waals surface area (Å²) in [6.45, 7) is 2.35. The molecule has 0 aliphatic rings. The number of hydrogen-bond acceptors (Lipinski definition) is 5. The highest BCUT2D eigenvalue weighted by molar-refractivity contribution is 5.98. The van der Waals surface area contributed by atoms with Gasteiger partial charge in [0.1, 0.15) is 6.04 Å². The molecule has 2 aromatic carbocycles. The van der Waals surface area contributed by atoms with Gasteiger partial charge in [-0.3, -0.25) is 19.6 Å². The van der Waals surface area contributed by atoms with Crippen LogP contribution in [-0.4, -0.2) is 48.1 Å². The number of hydrogen-bond donors (Lipinski definition) is 4. The van der Waals surface area contributed by atoms with Gasteiger partial charge in [-0.2, -0.15) is 0 Å². The summed E-state index contributed by atoms with van der Waals surface area (Å²) in [7, 11) is 0.969. The van der Waals surface area contributed by atoms with E-state index in [-0.39, 0.29) is 11.5 Å². The Labute approximate surface area is 189 Å². The van der Waals surface area contributed by atoms with Gasteiger partial charge in [-0.15, -0.1) is 0 Å². The Kier molecular flexibility index (Phi) is 8.62. The molecule has 10 heteroatoms. The fourth-order valence-electron chi connectivity index (χ4n) is 2.77. The summed E-state index contributed by atoms with van der Waals surface area (Å²) >= 11 is 0. The second kappa shape index (κ2) is 11.2. The van der Waals surface area contributed by atoms with Gasteiger partial charge in [-0.05, 0) is 55.5 Å². The highest BCUT2D eigenvalue weighted by Crippen LogP contribution is 2.24. The van der Waals surface area contributed by atoms with Crippen LogP contribution in [0.15, 0.2) is 48.5 Å². The smallest absolute Gasteiger partial charge is 0.269 e. The maximum atomic E-state index is 13.5. The van der Waals surface area contributed by atoms with Crippen molar-refractivity contribution < 1.29 is 33.1 Å². The predicted molar refractivity (Wildman–Crippen MR) is 116 cm³/mol. The minimum atomic E-state index is -3.13. The van der Waals surface area contributed by atoms with E-state index in [0.717, 1.165) is 14.0 Å². The monoisotopic (exact) mass is 459 g/mol. The van der Waals surface area contributed by atoms with Gasteiger partial charge in [0.15, 0.2) is 5.60 Å². The molecule has 1 unspecified atom stereocenters. The molecule has 0 aliphatic heterocycles. The lowest BCUT2D eigenvalue weighted by Gasteiger charge is -2.34. The van der Waals surface area contributed by atoms with Crippen molar-refractivity contribution in [2.45, 2.75) is 31.9 Å². The first-order valence-corrected chi connectivity index (χ1v) is 9.68. The van der Waals surface area contributed by atoms with E-state index in [1.807, 2.05) is 0 Å². The Morgan fingerprint density at radius 3 is 1.94 bits per heavy atom. The standard InChI is InChI=1S/C23H23F2N3O5/c1-14(29)26-18-12-8-16(9-13-18)5-4-15-6-10-17(11-7-15)20(30)27-19(21(31)28-32)23(2,33-3)22(24)25/h6-13,19,22,32H,1-3H3,(H,26,29)(H,27,30)(H,28,31)/t19-,23?/m1/s1. The molecule has 2 rings (SSSR count). The summed E-state index contributed by atoms with van der Waals surface area (Å²) in [5.41, 5.74) is 0.910. The third kappa shape index (κ3) is 6.58. The number of alkyl halides is 2. The van der Waals surface area contributed by atoms with Gasteiger partial charge in [-0.25, -0.2) is 14.3 Å². The number of anilines is 1. The van der Waals surface area contributed by atoms with Crippen LogP contribution >= 0.6 is 0 Å². The van der Waals surface area contributed by atoms with E-state index in [0.29, 0.717) is 16.8 Å². The van der Waals surface area contributed by atoms with Crippen molar-refractivity contribution in [1.29, 1.82) is 0 Å². The van der Waals surface area contributed by atoms with Crippen LogP contribution in [0, 0.1) is 11.8 Å². The van der Waals surface area contributed by atoms with Crippen LogP contribution in [0.2, 0.25) is 0 Å². The van der Waals surface area contributed by atoms with E-state index in [1.165, 1.54) is 24.5 Å². The van der Waals surface area contributed by atoms with Gasteiger partial charge in [0, 0.05) is 36.4 Å². The Balaban J connectivity index is 2.14. The van der Waals surface area contributed by atoms with Gasteiger partial charge in [0.2, 0.25) is 5.91 Å². The van der Waals surface area contributed by atoms with Gasteiger partial charge < -0.3 is 15.4 Å². The minimum absolute atomic E-state index is 0.0867. The molecule has 0 radical (unpaired) electrons. The molecule has 2 aromatic rings. The summed E-state index contributed by atoms with van der Waals surface area (Å²) in [6, 6.07) is 11.0. The largest absolute Gasteiger partial charge is 0.370 e. The molecule has 4 N–H and O–H groups in total. The average molecular weight is 459 g/mol. The number of carbonyl (C=O) groups is 3. The number of rotatable bonds is 7. The Morgan fingerprint density at radius 2 is 1.52 bits per heavy atom. The van der Waals surface area contributed by atoms with Crippen LogP contribution in [0.5, 0.6) is 0 Å². The molecule has 0 heterocycles. The zero-order valence-corrected chi connectivity index (χ0v) is 18.1. The Morgan fingerprint density at radius 1 is 1.00 bits per heavy atom. The predicted octanol–water partition coefficient (Wildman–Crippen LogP) is 2.32. The zero-order valence-electron chi connectivity index (χ0n) is 18.1. The van der Waals surface area contributed by atoms with Crippen molar-refractivity contribution in [3.05, 3.63) is 65.2 Å². The molecule has 0 saturated carbocycles. The Hall–Kier alpha value is -3.81. The Bertz CT molecular complexity index is 1060. The fourth-order valence-corrected chi connectivity index (χ4v) is 2.77. The number of ether oxygens (including phenoxy) is 1. The first-order chi connectivity index (χ1) is 15.6. The third-order valence-electron chi connectivity index (χ3n) is 4.80. The number of hydroxylamine groups is 1. The van der Waals surface area contributed by atoms with Crippen LogP contribution in [0.4, 0.5) is 14.5 Å². The van der Waals surface area contributed by atoms with Crippen LogP contribution < -0.4 is 16.1 Å². The summed E-state index contributed by atoms with van der Waals surface area (Å²) in [4.78, 5) is 35.5. The molecule has 0 aliphatic carbocycles. The second-order valence-corrected chi connectivity index (χ2v) is 7.16. The molecule has 2 atom stereocenters. The van der Waals surface area contributed by atoms with Crippen molar-refractivity contribution in [2.75, 3.05) is 12.4 Å². The summed E-state index contributed by atoms with van der Waals surface area (Å²) in [5.74, 6) is 3.61. The molecular weight excluding hydrogens is 436 g/mol. The quantitative estimate of drug-likeness (QED) is 0.288. The average Bonchev–Trinajstić information content (AvgIpc) is 2.80. The number of nitrogens with one attached hydrogen (secondary N) is 3. The highest BCUT2D eigenvalue weighted by atomic mass is 19.3. The normalized spacial score (nSPS) is 13.2. The lowest BCUT2D eigenvalue weighted by Crippen LogP contribution is -2.62. The fraction of sp³-hybridized carbons (Fsp3) is 0.261. The summed E-state index contributed by atoms with van der Waals surface area (Å²) < 4.78 is 31.7. The zero-order chi connectivity index (χ0) is 24.6. The minimum Gasteiger partial charge on any atom is -0.370 e. The SMILES string of the molecule is COC(C)(C(F)F)[C@H](NC(=O)c1ccc(C#Cc2ccc(NC(C)=O)cc2)cc1)C(=O)NO. The molecule has 0 saturated heterocycles. The van der Waals surface area contributed by atoms with E-state index in [9.17, 15) is 23.2 Å². The van der Waals surface area contributed by atoms with Crippen molar-refractivity contribution in [3.8, 4) is 11.8 Å². The molecule has 33 heavy (non-hydrogen) atoms. The first kappa shape index (κ1) is 25.5. The van der Waals surface area contributed by atoms with E-state index in [4.69, 9.17) is 9.94 Å². The van der Waals surface area contributed by atoms with E-state index in [2.05, 4.69) is 22.5 Å². The molecule has 0 aromatic heterocycles. The van der Waals surface area contributed by atoms with Crippen molar-refractivity contribution >= 4 is 23.4 Å². The first-order valence-electron chi connectivity index (χ1n) is 9.68. The molecule has 0 fully saturated rings.